The summed E-state index contributed by atoms with van der Waals surface area (Å²) >= 11 is 0. The molecule has 5 nitrogen and oxygen atoms in total. The number of aliphatic hydroxyl groups excluding tert-OH is 1. The zero-order chi connectivity index (χ0) is 21.6. The molecule has 0 spiro atoms. The normalized spacial score (nSPS) is 19.3. The summed E-state index contributed by atoms with van der Waals surface area (Å²) in [5.41, 5.74) is 1.84. The van der Waals surface area contributed by atoms with Gasteiger partial charge in [-0.05, 0) is 57.2 Å². The average molecular weight is 411 g/mol. The van der Waals surface area contributed by atoms with Gasteiger partial charge in [0.15, 0.2) is 0 Å². The van der Waals surface area contributed by atoms with Crippen LogP contribution in [0.25, 0.3) is 0 Å². The lowest BCUT2D eigenvalue weighted by molar-refractivity contribution is 0.0379. The zero-order valence-electron chi connectivity index (χ0n) is 18.3. The van der Waals surface area contributed by atoms with Crippen molar-refractivity contribution in [3.8, 4) is 0 Å². The van der Waals surface area contributed by atoms with Crippen molar-refractivity contribution in [3.63, 3.8) is 0 Å². The van der Waals surface area contributed by atoms with Crippen LogP contribution in [0.5, 0.6) is 0 Å². The minimum absolute atomic E-state index is 0.418. The Hall–Kier alpha value is -2.37. The minimum atomic E-state index is -0.688. The van der Waals surface area contributed by atoms with E-state index < -0.39 is 23.8 Å². The third kappa shape index (κ3) is 6.85. The highest BCUT2D eigenvalue weighted by Gasteiger charge is 2.30. The second kappa shape index (κ2) is 10.1. The summed E-state index contributed by atoms with van der Waals surface area (Å²) in [5.74, 6) is 0.491. The monoisotopic (exact) mass is 410 g/mol. The lowest BCUT2D eigenvalue weighted by Crippen LogP contribution is -2.50. The molecule has 1 heterocycles. The summed E-state index contributed by atoms with van der Waals surface area (Å²) in [7, 11) is 0. The van der Waals surface area contributed by atoms with Gasteiger partial charge in [0, 0.05) is 13.1 Å². The number of rotatable bonds is 7. The Balaban J connectivity index is 1.62. The molecule has 3 atom stereocenters. The number of carbonyl (C=O) groups excluding carboxylic acids is 1. The summed E-state index contributed by atoms with van der Waals surface area (Å²) < 4.78 is 5.43. The van der Waals surface area contributed by atoms with Crippen molar-refractivity contribution >= 4 is 6.09 Å². The molecule has 1 aliphatic rings. The molecule has 1 fully saturated rings. The number of aliphatic hydroxyl groups is 1. The van der Waals surface area contributed by atoms with Crippen molar-refractivity contribution in [2.75, 3.05) is 19.6 Å². The highest BCUT2D eigenvalue weighted by molar-refractivity contribution is 5.68. The Bertz CT molecular complexity index is 789. The first-order chi connectivity index (χ1) is 14.3. The van der Waals surface area contributed by atoms with Crippen LogP contribution in [0.1, 0.15) is 44.2 Å². The molecule has 2 aromatic rings. The number of nitrogens with zero attached hydrogens (tertiary/aromatic N) is 1. The molecule has 3 rings (SSSR count). The first-order valence-electron chi connectivity index (χ1n) is 10.8. The fourth-order valence-corrected chi connectivity index (χ4v) is 4.00. The number of hydrogen-bond donors (Lipinski definition) is 2. The number of amides is 1. The van der Waals surface area contributed by atoms with E-state index in [0.29, 0.717) is 18.9 Å². The second-order valence-corrected chi connectivity index (χ2v) is 9.17. The fraction of sp³-hybridized carbons (Fsp3) is 0.480. The van der Waals surface area contributed by atoms with Gasteiger partial charge < -0.3 is 20.1 Å². The number of hydrogen-bond acceptors (Lipinski definition) is 4. The number of benzene rings is 2. The quantitative estimate of drug-likeness (QED) is 0.725. The largest absolute Gasteiger partial charge is 0.444 e. The number of nitrogens with one attached hydrogen (secondary N) is 1. The van der Waals surface area contributed by atoms with E-state index in [4.69, 9.17) is 4.74 Å². The predicted octanol–water partition coefficient (Wildman–Crippen LogP) is 3.97. The van der Waals surface area contributed by atoms with Crippen LogP contribution in [-0.2, 0) is 11.2 Å². The van der Waals surface area contributed by atoms with E-state index in [1.807, 2.05) is 57.2 Å². The molecule has 2 N–H and O–H groups in total. The Morgan fingerprint density at radius 3 is 2.40 bits per heavy atom. The van der Waals surface area contributed by atoms with Gasteiger partial charge in [-0.25, -0.2) is 4.79 Å². The molecule has 0 bridgehead atoms. The number of β-amino-alcohol motifs (C(OH)–C–C–N with tert-alkyl or cyclic N) is 1. The van der Waals surface area contributed by atoms with Crippen LogP contribution < -0.4 is 5.32 Å². The molecule has 1 aliphatic heterocycles. The van der Waals surface area contributed by atoms with E-state index in [9.17, 15) is 9.90 Å². The van der Waals surface area contributed by atoms with Crippen LogP contribution in [-0.4, -0.2) is 53.5 Å². The topological polar surface area (TPSA) is 61.8 Å². The highest BCUT2D eigenvalue weighted by Crippen LogP contribution is 2.27. The van der Waals surface area contributed by atoms with Crippen LogP contribution in [0.2, 0.25) is 0 Å². The van der Waals surface area contributed by atoms with Crippen LogP contribution in [0.3, 0.4) is 0 Å². The van der Waals surface area contributed by atoms with Gasteiger partial charge in [0.2, 0.25) is 0 Å². The fourth-order valence-electron chi connectivity index (χ4n) is 4.00. The molecule has 30 heavy (non-hydrogen) atoms. The molecule has 1 saturated heterocycles. The van der Waals surface area contributed by atoms with Gasteiger partial charge >= 0.3 is 6.09 Å². The maximum absolute atomic E-state index is 12.4. The van der Waals surface area contributed by atoms with Crippen molar-refractivity contribution in [1.29, 1.82) is 0 Å². The molecule has 0 radical (unpaired) electrons. The van der Waals surface area contributed by atoms with Crippen molar-refractivity contribution in [1.82, 2.24) is 10.2 Å². The smallest absolute Gasteiger partial charge is 0.407 e. The Kier molecular flexibility index (Phi) is 7.51. The Labute approximate surface area is 180 Å². The van der Waals surface area contributed by atoms with E-state index in [0.717, 1.165) is 25.1 Å². The molecule has 0 aromatic heterocycles. The minimum Gasteiger partial charge on any atom is -0.444 e. The van der Waals surface area contributed by atoms with Crippen LogP contribution >= 0.6 is 0 Å². The molecule has 0 saturated carbocycles. The molecule has 0 aliphatic carbocycles. The van der Waals surface area contributed by atoms with Crippen LogP contribution in [0.15, 0.2) is 60.7 Å². The van der Waals surface area contributed by atoms with Gasteiger partial charge in [-0.1, -0.05) is 60.7 Å². The molecule has 162 valence electrons. The van der Waals surface area contributed by atoms with E-state index in [1.54, 1.807) is 0 Å². The number of alkyl carbamates (subject to hydrolysis) is 1. The summed E-state index contributed by atoms with van der Waals surface area (Å²) in [5, 5.41) is 13.9. The first kappa shape index (κ1) is 22.3. The van der Waals surface area contributed by atoms with Gasteiger partial charge in [0.1, 0.15) is 5.60 Å². The Morgan fingerprint density at radius 2 is 1.77 bits per heavy atom. The van der Waals surface area contributed by atoms with E-state index in [1.165, 1.54) is 5.56 Å². The molecule has 1 amide bonds. The summed E-state index contributed by atoms with van der Waals surface area (Å²) in [4.78, 5) is 14.7. The third-order valence-corrected chi connectivity index (χ3v) is 5.45. The standard InChI is InChI=1S/C25H34N2O3/c1-25(2,3)30-24(29)26-22(16-19-10-6-4-7-11-19)23(28)18-27-15-14-21(17-27)20-12-8-5-9-13-20/h4-13,21-23,28H,14-18H2,1-3H3,(H,26,29)/t21?,22-,23-/m1/s1. The van der Waals surface area contributed by atoms with Gasteiger partial charge in [0.25, 0.3) is 0 Å². The van der Waals surface area contributed by atoms with Gasteiger partial charge in [-0.2, -0.15) is 0 Å². The second-order valence-electron chi connectivity index (χ2n) is 9.17. The van der Waals surface area contributed by atoms with E-state index in [-0.39, 0.29) is 0 Å². The average Bonchev–Trinajstić information content (AvgIpc) is 3.16. The maximum atomic E-state index is 12.4. The van der Waals surface area contributed by atoms with Gasteiger partial charge in [-0.3, -0.25) is 0 Å². The first-order valence-corrected chi connectivity index (χ1v) is 10.8. The molecular formula is C25H34N2O3. The summed E-state index contributed by atoms with van der Waals surface area (Å²) in [6.07, 6.45) is 0.454. The van der Waals surface area contributed by atoms with Crippen LogP contribution in [0, 0.1) is 0 Å². The molecule has 2 aromatic carbocycles. The van der Waals surface area contributed by atoms with Crippen molar-refractivity contribution in [2.45, 2.75) is 57.3 Å². The van der Waals surface area contributed by atoms with Crippen LogP contribution in [0.4, 0.5) is 4.79 Å². The number of carbonyl (C=O) groups is 1. The van der Waals surface area contributed by atoms with E-state index >= 15 is 0 Å². The SMILES string of the molecule is CC(C)(C)OC(=O)N[C@H](Cc1ccccc1)[C@H](O)CN1CCC(c2ccccc2)C1. The number of ether oxygens (including phenoxy) is 1. The van der Waals surface area contributed by atoms with Gasteiger partial charge in [-0.15, -0.1) is 0 Å². The predicted molar refractivity (Wildman–Crippen MR) is 120 cm³/mol. The zero-order valence-corrected chi connectivity index (χ0v) is 18.3. The molecular weight excluding hydrogens is 376 g/mol. The third-order valence-electron chi connectivity index (χ3n) is 5.45. The van der Waals surface area contributed by atoms with Crippen molar-refractivity contribution in [2.24, 2.45) is 0 Å². The molecule has 1 unspecified atom stereocenters. The maximum Gasteiger partial charge on any atom is 0.407 e. The van der Waals surface area contributed by atoms with Crippen molar-refractivity contribution in [3.05, 3.63) is 71.8 Å². The van der Waals surface area contributed by atoms with E-state index in [2.05, 4.69) is 34.5 Å². The lowest BCUT2D eigenvalue weighted by Gasteiger charge is -2.29. The lowest BCUT2D eigenvalue weighted by atomic mass is 9.98. The summed E-state index contributed by atoms with van der Waals surface area (Å²) in [6, 6.07) is 20.0. The van der Waals surface area contributed by atoms with Crippen molar-refractivity contribution < 1.29 is 14.6 Å². The number of likely N-dealkylation sites (tertiary alicyclic amines) is 1. The highest BCUT2D eigenvalue weighted by atomic mass is 16.6. The van der Waals surface area contributed by atoms with Gasteiger partial charge in [0.05, 0.1) is 12.1 Å². The molecule has 5 heteroatoms. The Morgan fingerprint density at radius 1 is 1.13 bits per heavy atom. The summed E-state index contributed by atoms with van der Waals surface area (Å²) in [6.45, 7) is 7.90.